The van der Waals surface area contributed by atoms with Crippen molar-refractivity contribution in [1.82, 2.24) is 0 Å². The first-order chi connectivity index (χ1) is 13.9. The molecule has 0 aromatic carbocycles. The number of ether oxygens (including phenoxy) is 2. The van der Waals surface area contributed by atoms with Gasteiger partial charge in [0.2, 0.25) is 0 Å². The smallest absolute Gasteiger partial charge is 0.308 e. The number of carbonyl (C=O) groups excluding carboxylic acids is 1. The summed E-state index contributed by atoms with van der Waals surface area (Å²) in [4.78, 5) is 12.5. The normalized spacial score (nSPS) is 50.8. The molecule has 7 atom stereocenters. The maximum atomic E-state index is 12.5. The van der Waals surface area contributed by atoms with Crippen LogP contribution in [0.3, 0.4) is 0 Å². The fourth-order valence-electron chi connectivity index (χ4n) is 8.01. The van der Waals surface area contributed by atoms with E-state index in [1.807, 2.05) is 0 Å². The van der Waals surface area contributed by atoms with Crippen LogP contribution in [0.1, 0.15) is 84.5 Å². The maximum Gasteiger partial charge on any atom is 0.308 e. The molecule has 0 amide bonds. The summed E-state index contributed by atoms with van der Waals surface area (Å²) in [5.41, 5.74) is 1.26. The van der Waals surface area contributed by atoms with Gasteiger partial charge in [0.05, 0.1) is 5.41 Å². The maximum absolute atomic E-state index is 12.5. The van der Waals surface area contributed by atoms with E-state index in [1.54, 1.807) is 6.92 Å². The highest BCUT2D eigenvalue weighted by Crippen LogP contribution is 2.73. The minimum Gasteiger partial charge on any atom is -0.426 e. The molecule has 4 unspecified atom stereocenters. The lowest BCUT2D eigenvalue weighted by Crippen LogP contribution is -2.59. The summed E-state index contributed by atoms with van der Waals surface area (Å²) in [5, 5.41) is 21.1. The number of hydrogen-bond acceptors (Lipinski definition) is 5. The fourth-order valence-corrected chi connectivity index (χ4v) is 8.01. The third-order valence-electron chi connectivity index (χ3n) is 9.38. The quantitative estimate of drug-likeness (QED) is 0.419. The van der Waals surface area contributed by atoms with Crippen molar-refractivity contribution in [2.24, 2.45) is 28.6 Å². The molecule has 0 spiro atoms. The number of aliphatic hydroxyl groups excluding tert-OH is 1. The van der Waals surface area contributed by atoms with E-state index < -0.39 is 23.6 Å². The van der Waals surface area contributed by atoms with E-state index in [1.165, 1.54) is 37.7 Å². The Labute approximate surface area is 173 Å². The molecule has 5 heteroatoms. The molecule has 3 saturated carbocycles. The van der Waals surface area contributed by atoms with Crippen molar-refractivity contribution in [2.75, 3.05) is 6.61 Å². The standard InChI is InChI=1S/C24H36O5/c1-3-20(26)28-24(23(27,15-25)29-24)22-13-5-4-7-16(22)9-10-17-18-8-6-12-21(18,2)14-11-19(17)22/h11,16-18,25,27H,3-10,12-15H2,1-2H3/t16?,17-,18-,21?,22+,23?,24?/m0/s1. The first-order valence-corrected chi connectivity index (χ1v) is 11.8. The summed E-state index contributed by atoms with van der Waals surface area (Å²) in [5.74, 6) is -2.10. The SMILES string of the molecule is CCC(=O)OC1([C@]23CCCCC2CC[C@@H]2C3=CCC3(C)CCC[C@@H]23)OC1(O)CO. The van der Waals surface area contributed by atoms with Crippen LogP contribution in [0.2, 0.25) is 0 Å². The number of rotatable bonds is 4. The molecular formula is C24H36O5. The Bertz CT molecular complexity index is 733. The highest BCUT2D eigenvalue weighted by molar-refractivity contribution is 5.70. The summed E-state index contributed by atoms with van der Waals surface area (Å²) in [6.45, 7) is 3.67. The molecule has 2 N–H and O–H groups in total. The molecule has 162 valence electrons. The van der Waals surface area contributed by atoms with Crippen LogP contribution in [0.5, 0.6) is 0 Å². The van der Waals surface area contributed by atoms with Crippen LogP contribution < -0.4 is 0 Å². The number of fused-ring (bicyclic) bond motifs is 5. The molecule has 0 bridgehead atoms. The van der Waals surface area contributed by atoms with E-state index in [9.17, 15) is 15.0 Å². The first-order valence-electron chi connectivity index (χ1n) is 11.8. The highest BCUT2D eigenvalue weighted by Gasteiger charge is 2.85. The molecular weight excluding hydrogens is 368 g/mol. The number of aliphatic hydroxyl groups is 2. The topological polar surface area (TPSA) is 79.3 Å². The van der Waals surface area contributed by atoms with E-state index in [2.05, 4.69) is 13.0 Å². The van der Waals surface area contributed by atoms with Crippen molar-refractivity contribution in [3.05, 3.63) is 11.6 Å². The number of carbonyl (C=O) groups is 1. The Balaban J connectivity index is 1.64. The Morgan fingerprint density at radius 1 is 1.21 bits per heavy atom. The third-order valence-corrected chi connectivity index (χ3v) is 9.38. The summed E-state index contributed by atoms with van der Waals surface area (Å²) in [7, 11) is 0. The minimum absolute atomic E-state index is 0.233. The van der Waals surface area contributed by atoms with Gasteiger partial charge < -0.3 is 14.9 Å². The molecule has 4 fully saturated rings. The summed E-state index contributed by atoms with van der Waals surface area (Å²) in [6, 6.07) is 0. The van der Waals surface area contributed by atoms with Crippen LogP contribution in [0.15, 0.2) is 11.6 Å². The minimum atomic E-state index is -1.79. The van der Waals surface area contributed by atoms with Crippen LogP contribution in [-0.2, 0) is 14.3 Å². The average Bonchev–Trinajstić information content (AvgIpc) is 3.13. The molecule has 1 heterocycles. The third kappa shape index (κ3) is 2.47. The van der Waals surface area contributed by atoms with Gasteiger partial charge in [-0.2, -0.15) is 0 Å². The van der Waals surface area contributed by atoms with Gasteiger partial charge in [-0.25, -0.2) is 0 Å². The lowest BCUT2D eigenvalue weighted by molar-refractivity contribution is -0.192. The second-order valence-corrected chi connectivity index (χ2v) is 10.6. The molecule has 5 nitrogen and oxygen atoms in total. The average molecular weight is 405 g/mol. The number of epoxide rings is 1. The van der Waals surface area contributed by atoms with Gasteiger partial charge in [0.25, 0.3) is 11.6 Å². The molecule has 5 rings (SSSR count). The van der Waals surface area contributed by atoms with Crippen molar-refractivity contribution in [3.63, 3.8) is 0 Å². The highest BCUT2D eigenvalue weighted by atomic mass is 16.9. The van der Waals surface area contributed by atoms with Crippen molar-refractivity contribution in [2.45, 2.75) is 96.1 Å². The summed E-state index contributed by atoms with van der Waals surface area (Å²) < 4.78 is 11.9. The van der Waals surface area contributed by atoms with Crippen LogP contribution in [0, 0.1) is 28.6 Å². The molecule has 1 aliphatic heterocycles. The lowest BCUT2D eigenvalue weighted by Gasteiger charge is -2.58. The molecule has 0 radical (unpaired) electrons. The van der Waals surface area contributed by atoms with E-state index >= 15 is 0 Å². The van der Waals surface area contributed by atoms with Gasteiger partial charge in [0.1, 0.15) is 6.61 Å². The zero-order valence-electron chi connectivity index (χ0n) is 17.9. The van der Waals surface area contributed by atoms with Crippen LogP contribution in [-0.4, -0.2) is 34.4 Å². The molecule has 4 aliphatic carbocycles. The zero-order chi connectivity index (χ0) is 20.5. The Hall–Kier alpha value is -0.910. The van der Waals surface area contributed by atoms with Gasteiger partial charge in [0, 0.05) is 6.42 Å². The predicted molar refractivity (Wildman–Crippen MR) is 107 cm³/mol. The monoisotopic (exact) mass is 404 g/mol. The second-order valence-electron chi connectivity index (χ2n) is 10.6. The Kier molecular flexibility index (Phi) is 4.52. The van der Waals surface area contributed by atoms with Crippen LogP contribution in [0.25, 0.3) is 0 Å². The van der Waals surface area contributed by atoms with Gasteiger partial charge in [-0.05, 0) is 68.1 Å². The lowest BCUT2D eigenvalue weighted by atomic mass is 9.46. The zero-order valence-corrected chi connectivity index (χ0v) is 17.9. The fraction of sp³-hybridized carbons (Fsp3) is 0.875. The van der Waals surface area contributed by atoms with Crippen LogP contribution in [0.4, 0.5) is 0 Å². The molecule has 0 aromatic rings. The van der Waals surface area contributed by atoms with Gasteiger partial charge in [-0.1, -0.05) is 44.8 Å². The van der Waals surface area contributed by atoms with Gasteiger partial charge in [-0.3, -0.25) is 9.53 Å². The van der Waals surface area contributed by atoms with Gasteiger partial charge in [-0.15, -0.1) is 0 Å². The number of allylic oxidation sites excluding steroid dienone is 1. The first kappa shape index (κ1) is 20.0. The van der Waals surface area contributed by atoms with Crippen LogP contribution >= 0.6 is 0 Å². The van der Waals surface area contributed by atoms with Crippen molar-refractivity contribution in [3.8, 4) is 0 Å². The Morgan fingerprint density at radius 3 is 2.76 bits per heavy atom. The van der Waals surface area contributed by atoms with E-state index in [4.69, 9.17) is 9.47 Å². The van der Waals surface area contributed by atoms with Crippen molar-refractivity contribution >= 4 is 5.97 Å². The largest absolute Gasteiger partial charge is 0.426 e. The van der Waals surface area contributed by atoms with E-state index in [-0.39, 0.29) is 12.4 Å². The van der Waals surface area contributed by atoms with E-state index in [0.29, 0.717) is 23.2 Å². The molecule has 5 aliphatic rings. The Morgan fingerprint density at radius 2 is 2.03 bits per heavy atom. The second kappa shape index (κ2) is 6.54. The number of esters is 1. The number of hydrogen-bond donors (Lipinski definition) is 2. The summed E-state index contributed by atoms with van der Waals surface area (Å²) in [6.07, 6.45) is 14.0. The van der Waals surface area contributed by atoms with Gasteiger partial charge >= 0.3 is 5.97 Å². The predicted octanol–water partition coefficient (Wildman–Crippen LogP) is 4.07. The molecule has 1 saturated heterocycles. The van der Waals surface area contributed by atoms with E-state index in [0.717, 1.165) is 32.1 Å². The molecule has 29 heavy (non-hydrogen) atoms. The van der Waals surface area contributed by atoms with Crippen molar-refractivity contribution in [1.29, 1.82) is 0 Å². The summed E-state index contributed by atoms with van der Waals surface area (Å²) >= 11 is 0. The molecule has 0 aromatic heterocycles. The van der Waals surface area contributed by atoms with Gasteiger partial charge in [0.15, 0.2) is 0 Å². The van der Waals surface area contributed by atoms with Crippen molar-refractivity contribution < 1.29 is 24.5 Å².